The topological polar surface area (TPSA) is 38.0 Å². The molecule has 1 aliphatic carbocycles. The highest BCUT2D eigenvalue weighted by Gasteiger charge is 2.12. The first-order chi connectivity index (χ1) is 9.31. The fourth-order valence-electron chi connectivity index (χ4n) is 2.79. The van der Waals surface area contributed by atoms with E-state index in [0.717, 1.165) is 19.3 Å². The van der Waals surface area contributed by atoms with E-state index in [9.17, 15) is 0 Å². The van der Waals surface area contributed by atoms with Crippen LogP contribution >= 0.6 is 0 Å². The quantitative estimate of drug-likeness (QED) is 0.465. The van der Waals surface area contributed by atoms with Crippen LogP contribution in [0.25, 0.3) is 0 Å². The molecule has 1 aromatic rings. The van der Waals surface area contributed by atoms with E-state index >= 15 is 0 Å². The maximum atomic E-state index is 5.72. The molecule has 2 heteroatoms. The van der Waals surface area contributed by atoms with Gasteiger partial charge >= 0.3 is 0 Å². The van der Waals surface area contributed by atoms with Crippen molar-refractivity contribution >= 4 is 0 Å². The fraction of sp³-hybridized carbons (Fsp3) is 0.529. The van der Waals surface area contributed by atoms with Gasteiger partial charge in [-0.3, -0.25) is 11.3 Å². The van der Waals surface area contributed by atoms with Crippen LogP contribution in [0.5, 0.6) is 0 Å². The predicted molar refractivity (Wildman–Crippen MR) is 81.8 cm³/mol. The monoisotopic (exact) mass is 258 g/mol. The van der Waals surface area contributed by atoms with Gasteiger partial charge in [0.15, 0.2) is 0 Å². The first kappa shape index (κ1) is 14.3. The van der Waals surface area contributed by atoms with Crippen LogP contribution in [-0.4, -0.2) is 6.04 Å². The molecule has 1 atom stereocenters. The van der Waals surface area contributed by atoms with Crippen molar-refractivity contribution in [1.82, 2.24) is 5.43 Å². The number of hydrogen-bond acceptors (Lipinski definition) is 2. The Bertz CT molecular complexity index is 406. The van der Waals surface area contributed by atoms with Crippen molar-refractivity contribution < 1.29 is 0 Å². The maximum absolute atomic E-state index is 5.72. The summed E-state index contributed by atoms with van der Waals surface area (Å²) in [6.45, 7) is 2.19. The van der Waals surface area contributed by atoms with E-state index in [1.54, 1.807) is 5.57 Å². The highest BCUT2D eigenvalue weighted by Crippen LogP contribution is 2.22. The van der Waals surface area contributed by atoms with Crippen LogP contribution < -0.4 is 11.3 Å². The minimum absolute atomic E-state index is 0.358. The molecule has 1 aliphatic rings. The van der Waals surface area contributed by atoms with E-state index in [-0.39, 0.29) is 0 Å². The Hall–Kier alpha value is -1.12. The van der Waals surface area contributed by atoms with Crippen molar-refractivity contribution in [1.29, 1.82) is 0 Å². The van der Waals surface area contributed by atoms with Gasteiger partial charge in [-0.05, 0) is 56.1 Å². The second kappa shape index (κ2) is 7.46. The number of hydrogen-bond donors (Lipinski definition) is 2. The normalized spacial score (nSPS) is 17.1. The maximum Gasteiger partial charge on any atom is 0.0288 e. The second-order valence-electron chi connectivity index (χ2n) is 5.55. The largest absolute Gasteiger partial charge is 0.271 e. The number of aryl methyl sites for hydroxylation is 1. The van der Waals surface area contributed by atoms with Gasteiger partial charge in [-0.2, -0.15) is 0 Å². The Morgan fingerprint density at radius 2 is 1.84 bits per heavy atom. The third-order valence-electron chi connectivity index (χ3n) is 4.04. The molecule has 0 fully saturated rings. The third kappa shape index (κ3) is 4.48. The molecule has 0 bridgehead atoms. The molecule has 0 aromatic heterocycles. The van der Waals surface area contributed by atoms with Gasteiger partial charge in [0.05, 0.1) is 0 Å². The van der Waals surface area contributed by atoms with E-state index in [0.29, 0.717) is 6.04 Å². The lowest BCUT2D eigenvalue weighted by Crippen LogP contribution is -2.37. The van der Waals surface area contributed by atoms with E-state index in [2.05, 4.69) is 42.7 Å². The van der Waals surface area contributed by atoms with Crippen molar-refractivity contribution in [3.63, 3.8) is 0 Å². The van der Waals surface area contributed by atoms with Gasteiger partial charge in [0, 0.05) is 6.04 Å². The van der Waals surface area contributed by atoms with Crippen molar-refractivity contribution in [3.05, 3.63) is 47.0 Å². The average Bonchev–Trinajstić information content (AvgIpc) is 2.48. The molecule has 0 saturated carbocycles. The molecule has 0 radical (unpaired) electrons. The molecule has 0 spiro atoms. The number of nitrogens with one attached hydrogen (secondary N) is 1. The fourth-order valence-corrected chi connectivity index (χ4v) is 2.79. The summed E-state index contributed by atoms with van der Waals surface area (Å²) in [6, 6.07) is 9.28. The van der Waals surface area contributed by atoms with Crippen molar-refractivity contribution in [3.8, 4) is 0 Å². The minimum Gasteiger partial charge on any atom is -0.271 e. The number of rotatable bonds is 6. The Kier molecular flexibility index (Phi) is 5.62. The molecule has 2 rings (SSSR count). The van der Waals surface area contributed by atoms with Crippen LogP contribution in [0.15, 0.2) is 35.9 Å². The zero-order chi connectivity index (χ0) is 13.5. The van der Waals surface area contributed by atoms with Crippen LogP contribution in [-0.2, 0) is 12.8 Å². The highest BCUT2D eigenvalue weighted by molar-refractivity contribution is 5.23. The van der Waals surface area contributed by atoms with Gasteiger partial charge in [0.1, 0.15) is 0 Å². The van der Waals surface area contributed by atoms with Gasteiger partial charge in [0.25, 0.3) is 0 Å². The number of allylic oxidation sites excluding steroid dienone is 1. The number of nitrogens with two attached hydrogens (primary N) is 1. The Balaban J connectivity index is 1.92. The molecule has 19 heavy (non-hydrogen) atoms. The van der Waals surface area contributed by atoms with Gasteiger partial charge in [-0.25, -0.2) is 0 Å². The average molecular weight is 258 g/mol. The molecular weight excluding hydrogens is 232 g/mol. The van der Waals surface area contributed by atoms with E-state index in [4.69, 9.17) is 5.84 Å². The number of hydrazine groups is 1. The summed E-state index contributed by atoms with van der Waals surface area (Å²) in [5.41, 5.74) is 7.34. The summed E-state index contributed by atoms with van der Waals surface area (Å²) in [5.74, 6) is 5.72. The van der Waals surface area contributed by atoms with Crippen LogP contribution in [0, 0.1) is 0 Å². The molecule has 0 saturated heterocycles. The summed E-state index contributed by atoms with van der Waals surface area (Å²) in [5, 5.41) is 0. The Morgan fingerprint density at radius 1 is 1.11 bits per heavy atom. The van der Waals surface area contributed by atoms with Gasteiger partial charge in [-0.15, -0.1) is 0 Å². The molecule has 1 unspecified atom stereocenters. The summed E-state index contributed by atoms with van der Waals surface area (Å²) in [4.78, 5) is 0. The predicted octanol–water partition coefficient (Wildman–Crippen LogP) is 3.51. The van der Waals surface area contributed by atoms with Crippen molar-refractivity contribution in [2.75, 3.05) is 0 Å². The molecule has 0 amide bonds. The molecule has 3 N–H and O–H groups in total. The lowest BCUT2D eigenvalue weighted by atomic mass is 9.92. The van der Waals surface area contributed by atoms with Crippen molar-refractivity contribution in [2.45, 2.75) is 57.9 Å². The first-order valence-electron chi connectivity index (χ1n) is 7.53. The lowest BCUT2D eigenvalue weighted by Gasteiger charge is -2.20. The highest BCUT2D eigenvalue weighted by atomic mass is 15.2. The Labute approximate surface area is 117 Å². The van der Waals surface area contributed by atoms with E-state index in [1.165, 1.54) is 36.8 Å². The smallest absolute Gasteiger partial charge is 0.0288 e. The summed E-state index contributed by atoms with van der Waals surface area (Å²) < 4.78 is 0. The second-order valence-corrected chi connectivity index (χ2v) is 5.55. The third-order valence-corrected chi connectivity index (χ3v) is 4.04. The summed E-state index contributed by atoms with van der Waals surface area (Å²) in [7, 11) is 0. The molecule has 104 valence electrons. The summed E-state index contributed by atoms with van der Waals surface area (Å²) >= 11 is 0. The van der Waals surface area contributed by atoms with Gasteiger partial charge in [-0.1, -0.05) is 42.8 Å². The van der Waals surface area contributed by atoms with E-state index < -0.39 is 0 Å². The van der Waals surface area contributed by atoms with E-state index in [1.807, 2.05) is 0 Å². The number of benzene rings is 1. The summed E-state index contributed by atoms with van der Waals surface area (Å²) in [6.07, 6.45) is 10.8. The SMILES string of the molecule is CCc1ccc(CC(CC2=CCCCC2)NN)cc1. The zero-order valence-electron chi connectivity index (χ0n) is 12.0. The minimum atomic E-state index is 0.358. The first-order valence-corrected chi connectivity index (χ1v) is 7.53. The van der Waals surface area contributed by atoms with Crippen LogP contribution in [0.4, 0.5) is 0 Å². The Morgan fingerprint density at radius 3 is 2.42 bits per heavy atom. The van der Waals surface area contributed by atoms with Crippen LogP contribution in [0.2, 0.25) is 0 Å². The van der Waals surface area contributed by atoms with Gasteiger partial charge < -0.3 is 0 Å². The molecular formula is C17H26N2. The molecule has 0 heterocycles. The molecule has 1 aromatic carbocycles. The van der Waals surface area contributed by atoms with Gasteiger partial charge in [0.2, 0.25) is 0 Å². The van der Waals surface area contributed by atoms with Crippen molar-refractivity contribution in [2.24, 2.45) is 5.84 Å². The molecule has 2 nitrogen and oxygen atoms in total. The molecule has 0 aliphatic heterocycles. The zero-order valence-corrected chi connectivity index (χ0v) is 12.0. The van der Waals surface area contributed by atoms with Crippen LogP contribution in [0.1, 0.15) is 50.2 Å². The van der Waals surface area contributed by atoms with Crippen LogP contribution in [0.3, 0.4) is 0 Å². The lowest BCUT2D eigenvalue weighted by molar-refractivity contribution is 0.504. The standard InChI is InChI=1S/C17H26N2/c1-2-14-8-10-16(11-9-14)13-17(19-18)12-15-6-4-3-5-7-15/h6,8-11,17,19H,2-5,7,12-13,18H2,1H3.